The normalized spacial score (nSPS) is 10.7. The summed E-state index contributed by atoms with van der Waals surface area (Å²) in [6.07, 6.45) is 0.811. The molecular weight excluding hydrogens is 314 g/mol. The van der Waals surface area contributed by atoms with Crippen LogP contribution in [-0.4, -0.2) is 51.6 Å². The highest BCUT2D eigenvalue weighted by Crippen LogP contribution is 2.18. The Kier molecular flexibility index (Phi) is 7.02. The Morgan fingerprint density at radius 3 is 2.87 bits per heavy atom. The number of aryl methyl sites for hydroxylation is 1. The number of amides is 1. The molecule has 0 bridgehead atoms. The van der Waals surface area contributed by atoms with E-state index in [1.165, 1.54) is 17.3 Å². The van der Waals surface area contributed by atoms with Crippen molar-refractivity contribution >= 4 is 17.7 Å². The van der Waals surface area contributed by atoms with Crippen LogP contribution in [0.2, 0.25) is 0 Å². The molecule has 0 aliphatic carbocycles. The predicted molar refractivity (Wildman–Crippen MR) is 88.7 cm³/mol. The second kappa shape index (κ2) is 9.26. The van der Waals surface area contributed by atoms with Gasteiger partial charge in [0.05, 0.1) is 11.4 Å². The van der Waals surface area contributed by atoms with Crippen LogP contribution >= 0.6 is 11.8 Å². The van der Waals surface area contributed by atoms with Crippen molar-refractivity contribution in [3.8, 4) is 5.69 Å². The largest absolute Gasteiger partial charge is 0.382 e. The Balaban J connectivity index is 1.81. The minimum atomic E-state index is -0.0371. The summed E-state index contributed by atoms with van der Waals surface area (Å²) in [6, 6.07) is 7.89. The smallest absolute Gasteiger partial charge is 0.230 e. The quantitative estimate of drug-likeness (QED) is 0.554. The molecule has 124 valence electrons. The van der Waals surface area contributed by atoms with Gasteiger partial charge in [0, 0.05) is 19.8 Å². The molecule has 0 saturated carbocycles. The maximum Gasteiger partial charge on any atom is 0.230 e. The Labute approximate surface area is 139 Å². The third kappa shape index (κ3) is 5.65. The first-order chi connectivity index (χ1) is 11.2. The highest BCUT2D eigenvalue weighted by Gasteiger charge is 2.11. The summed E-state index contributed by atoms with van der Waals surface area (Å²) in [6.45, 7) is 5.95. The lowest BCUT2D eigenvalue weighted by Crippen LogP contribution is -2.27. The van der Waals surface area contributed by atoms with Crippen LogP contribution < -0.4 is 5.32 Å². The molecule has 2 rings (SSSR count). The summed E-state index contributed by atoms with van der Waals surface area (Å²) in [4.78, 5) is 11.8. The van der Waals surface area contributed by atoms with Crippen molar-refractivity contribution in [3.63, 3.8) is 0 Å². The SMILES string of the molecule is CCOCCCNC(=O)CSc1nnnn1-c1ccc(C)cc1. The minimum Gasteiger partial charge on any atom is -0.382 e. The standard InChI is InChI=1S/C15H21N5O2S/c1-3-22-10-4-9-16-14(21)11-23-15-17-18-19-20(15)13-7-5-12(2)6-8-13/h5-8H,3-4,9-11H2,1-2H3,(H,16,21). The number of rotatable bonds is 9. The van der Waals surface area contributed by atoms with E-state index in [2.05, 4.69) is 20.8 Å². The van der Waals surface area contributed by atoms with Crippen molar-refractivity contribution in [1.29, 1.82) is 0 Å². The maximum atomic E-state index is 11.8. The van der Waals surface area contributed by atoms with Gasteiger partial charge in [-0.2, -0.15) is 4.68 Å². The number of thioether (sulfide) groups is 1. The molecule has 0 aliphatic heterocycles. The van der Waals surface area contributed by atoms with E-state index in [0.717, 1.165) is 12.1 Å². The molecule has 7 nitrogen and oxygen atoms in total. The first kappa shape index (κ1) is 17.4. The summed E-state index contributed by atoms with van der Waals surface area (Å²) in [7, 11) is 0. The Hall–Kier alpha value is -1.93. The van der Waals surface area contributed by atoms with Crippen LogP contribution in [0.1, 0.15) is 18.9 Å². The molecule has 0 saturated heterocycles. The van der Waals surface area contributed by atoms with Crippen molar-refractivity contribution in [3.05, 3.63) is 29.8 Å². The number of nitrogens with zero attached hydrogens (tertiary/aromatic N) is 4. The van der Waals surface area contributed by atoms with E-state index in [0.29, 0.717) is 24.9 Å². The summed E-state index contributed by atoms with van der Waals surface area (Å²) in [5.74, 6) is 0.242. The average molecular weight is 335 g/mol. The van der Waals surface area contributed by atoms with E-state index >= 15 is 0 Å². The van der Waals surface area contributed by atoms with Crippen molar-refractivity contribution in [1.82, 2.24) is 25.5 Å². The van der Waals surface area contributed by atoms with Crippen LogP contribution in [0, 0.1) is 6.92 Å². The summed E-state index contributed by atoms with van der Waals surface area (Å²) >= 11 is 1.31. The van der Waals surface area contributed by atoms with E-state index in [1.54, 1.807) is 4.68 Å². The second-order valence-corrected chi connectivity index (χ2v) is 5.84. The molecule has 8 heteroatoms. The van der Waals surface area contributed by atoms with E-state index < -0.39 is 0 Å². The summed E-state index contributed by atoms with van der Waals surface area (Å²) in [5.41, 5.74) is 2.04. The molecular formula is C15H21N5O2S. The molecule has 2 aromatic rings. The van der Waals surface area contributed by atoms with Gasteiger partial charge in [-0.3, -0.25) is 4.79 Å². The number of nitrogens with one attached hydrogen (secondary N) is 1. The lowest BCUT2D eigenvalue weighted by Gasteiger charge is -2.06. The van der Waals surface area contributed by atoms with Gasteiger partial charge < -0.3 is 10.1 Å². The van der Waals surface area contributed by atoms with Crippen LogP contribution in [0.25, 0.3) is 5.69 Å². The fourth-order valence-electron chi connectivity index (χ4n) is 1.84. The minimum absolute atomic E-state index is 0.0371. The van der Waals surface area contributed by atoms with Gasteiger partial charge in [0.2, 0.25) is 11.1 Å². The van der Waals surface area contributed by atoms with Crippen LogP contribution in [0.15, 0.2) is 29.4 Å². The Morgan fingerprint density at radius 2 is 2.13 bits per heavy atom. The maximum absolute atomic E-state index is 11.8. The van der Waals surface area contributed by atoms with Gasteiger partial charge in [0.15, 0.2) is 0 Å². The molecule has 1 aromatic heterocycles. The molecule has 1 aromatic carbocycles. The fourth-order valence-corrected chi connectivity index (χ4v) is 2.57. The van der Waals surface area contributed by atoms with Gasteiger partial charge in [-0.15, -0.1) is 5.10 Å². The number of aromatic nitrogens is 4. The zero-order valence-electron chi connectivity index (χ0n) is 13.4. The molecule has 1 amide bonds. The third-order valence-corrected chi connectivity index (χ3v) is 3.96. The van der Waals surface area contributed by atoms with Crippen LogP contribution in [0.5, 0.6) is 0 Å². The van der Waals surface area contributed by atoms with E-state index in [1.807, 2.05) is 38.1 Å². The number of carbonyl (C=O) groups excluding carboxylic acids is 1. The van der Waals surface area contributed by atoms with E-state index in [-0.39, 0.29) is 11.7 Å². The van der Waals surface area contributed by atoms with Crippen LogP contribution in [0.4, 0.5) is 0 Å². The molecule has 0 fully saturated rings. The molecule has 1 N–H and O–H groups in total. The highest BCUT2D eigenvalue weighted by atomic mass is 32.2. The molecule has 0 aliphatic rings. The first-order valence-electron chi connectivity index (χ1n) is 7.53. The average Bonchev–Trinajstić information content (AvgIpc) is 3.02. The number of ether oxygens (including phenoxy) is 1. The van der Waals surface area contributed by atoms with Crippen molar-refractivity contribution in [2.75, 3.05) is 25.5 Å². The summed E-state index contributed by atoms with van der Waals surface area (Å²) in [5, 5.41) is 15.1. The van der Waals surface area contributed by atoms with Gasteiger partial charge in [-0.25, -0.2) is 0 Å². The van der Waals surface area contributed by atoms with Gasteiger partial charge >= 0.3 is 0 Å². The number of tetrazole rings is 1. The van der Waals surface area contributed by atoms with E-state index in [4.69, 9.17) is 4.74 Å². The second-order valence-electron chi connectivity index (χ2n) is 4.90. The van der Waals surface area contributed by atoms with Gasteiger partial charge in [0.1, 0.15) is 0 Å². The Morgan fingerprint density at radius 1 is 1.35 bits per heavy atom. The number of hydrogen-bond acceptors (Lipinski definition) is 6. The van der Waals surface area contributed by atoms with Gasteiger partial charge in [0.25, 0.3) is 0 Å². The monoisotopic (exact) mass is 335 g/mol. The lowest BCUT2D eigenvalue weighted by atomic mass is 10.2. The zero-order valence-corrected chi connectivity index (χ0v) is 14.2. The van der Waals surface area contributed by atoms with Crippen LogP contribution in [-0.2, 0) is 9.53 Å². The van der Waals surface area contributed by atoms with Gasteiger partial charge in [-0.1, -0.05) is 29.5 Å². The topological polar surface area (TPSA) is 81.9 Å². The molecule has 0 atom stereocenters. The molecule has 0 radical (unpaired) electrons. The van der Waals surface area contributed by atoms with Crippen molar-refractivity contribution < 1.29 is 9.53 Å². The Bertz CT molecular complexity index is 615. The van der Waals surface area contributed by atoms with Crippen molar-refractivity contribution in [2.45, 2.75) is 25.4 Å². The predicted octanol–water partition coefficient (Wildman–Crippen LogP) is 1.61. The fraction of sp³-hybridized carbons (Fsp3) is 0.467. The third-order valence-electron chi connectivity index (χ3n) is 3.04. The number of benzene rings is 1. The van der Waals surface area contributed by atoms with E-state index in [9.17, 15) is 4.79 Å². The summed E-state index contributed by atoms with van der Waals surface area (Å²) < 4.78 is 6.85. The van der Waals surface area contributed by atoms with Crippen molar-refractivity contribution in [2.24, 2.45) is 0 Å². The molecule has 0 spiro atoms. The number of hydrogen-bond donors (Lipinski definition) is 1. The zero-order chi connectivity index (χ0) is 16.5. The lowest BCUT2D eigenvalue weighted by molar-refractivity contribution is -0.118. The van der Waals surface area contributed by atoms with Gasteiger partial charge in [-0.05, 0) is 42.8 Å². The number of carbonyl (C=O) groups is 1. The highest BCUT2D eigenvalue weighted by molar-refractivity contribution is 7.99. The first-order valence-corrected chi connectivity index (χ1v) is 8.52. The molecule has 1 heterocycles. The van der Waals surface area contributed by atoms with Crippen LogP contribution in [0.3, 0.4) is 0 Å². The molecule has 23 heavy (non-hydrogen) atoms. The molecule has 0 unspecified atom stereocenters.